The molecule has 1 unspecified atom stereocenters. The summed E-state index contributed by atoms with van der Waals surface area (Å²) in [5.74, 6) is 0.607. The first-order valence-electron chi connectivity index (χ1n) is 7.82. The molecule has 2 aliphatic rings. The van der Waals surface area contributed by atoms with Crippen molar-refractivity contribution in [1.82, 2.24) is 4.90 Å². The molecule has 0 spiro atoms. The molecule has 0 radical (unpaired) electrons. The highest BCUT2D eigenvalue weighted by molar-refractivity contribution is 5.11. The van der Waals surface area contributed by atoms with Gasteiger partial charge < -0.3 is 9.47 Å². The normalized spacial score (nSPS) is 40.6. The Morgan fingerprint density at radius 1 is 1.21 bits per heavy atom. The van der Waals surface area contributed by atoms with Gasteiger partial charge in [-0.25, -0.2) is 0 Å². The van der Waals surface area contributed by atoms with Gasteiger partial charge in [0.2, 0.25) is 0 Å². The molecule has 2 fully saturated rings. The first-order chi connectivity index (χ1) is 8.93. The monoisotopic (exact) mass is 269 g/mol. The molecule has 112 valence electrons. The van der Waals surface area contributed by atoms with Crippen LogP contribution in [0.2, 0.25) is 0 Å². The molecule has 3 heteroatoms. The fourth-order valence-corrected chi connectivity index (χ4v) is 4.23. The molecule has 0 aromatic heterocycles. The standard InChI is InChI=1S/C16H31NO2/c1-6-19-12-13(2)11-17-15(3)7-8-16(17,4)10-14(9-15)18-5/h13-14H,6-12H2,1-5H3/t13-,14?,15-,16+/m1/s1. The highest BCUT2D eigenvalue weighted by Crippen LogP contribution is 2.51. The molecule has 2 rings (SSSR count). The summed E-state index contributed by atoms with van der Waals surface area (Å²) in [6, 6.07) is 0. The summed E-state index contributed by atoms with van der Waals surface area (Å²) in [5.41, 5.74) is 0.655. The van der Waals surface area contributed by atoms with Crippen LogP contribution in [0.25, 0.3) is 0 Å². The first-order valence-corrected chi connectivity index (χ1v) is 7.82. The quantitative estimate of drug-likeness (QED) is 0.739. The Kier molecular flexibility index (Phi) is 4.59. The van der Waals surface area contributed by atoms with Gasteiger partial charge >= 0.3 is 0 Å². The van der Waals surface area contributed by atoms with Gasteiger partial charge in [-0.2, -0.15) is 0 Å². The van der Waals surface area contributed by atoms with Crippen LogP contribution in [0.1, 0.15) is 53.4 Å². The molecule has 0 aromatic carbocycles. The van der Waals surface area contributed by atoms with Crippen molar-refractivity contribution in [2.24, 2.45) is 5.92 Å². The Bertz CT molecular complexity index is 289. The summed E-state index contributed by atoms with van der Waals surface area (Å²) in [7, 11) is 1.87. The SMILES string of the molecule is CCOC[C@H](C)CN1[C@@]2(C)CC[C@]1(C)CC(OC)C2. The highest BCUT2D eigenvalue weighted by Gasteiger charge is 2.55. The van der Waals surface area contributed by atoms with Gasteiger partial charge in [-0.05, 0) is 52.4 Å². The minimum atomic E-state index is 0.328. The summed E-state index contributed by atoms with van der Waals surface area (Å²) in [6.45, 7) is 12.1. The molecule has 0 saturated carbocycles. The van der Waals surface area contributed by atoms with Gasteiger partial charge in [-0.1, -0.05) is 6.92 Å². The topological polar surface area (TPSA) is 21.7 Å². The molecule has 2 bridgehead atoms. The lowest BCUT2D eigenvalue weighted by molar-refractivity contribution is -0.0762. The Labute approximate surface area is 118 Å². The maximum Gasteiger partial charge on any atom is 0.0606 e. The van der Waals surface area contributed by atoms with E-state index in [1.54, 1.807) is 0 Å². The third kappa shape index (κ3) is 2.98. The zero-order chi connectivity index (χ0) is 14.1. The third-order valence-corrected chi connectivity index (χ3v) is 5.27. The van der Waals surface area contributed by atoms with Gasteiger partial charge in [-0.15, -0.1) is 0 Å². The number of hydrogen-bond acceptors (Lipinski definition) is 3. The van der Waals surface area contributed by atoms with Crippen molar-refractivity contribution in [1.29, 1.82) is 0 Å². The smallest absolute Gasteiger partial charge is 0.0606 e. The van der Waals surface area contributed by atoms with E-state index in [1.807, 2.05) is 7.11 Å². The number of ether oxygens (including phenoxy) is 2. The molecular weight excluding hydrogens is 238 g/mol. The Balaban J connectivity index is 2.04. The predicted molar refractivity (Wildman–Crippen MR) is 78.4 cm³/mol. The van der Waals surface area contributed by atoms with Gasteiger partial charge in [-0.3, -0.25) is 4.90 Å². The van der Waals surface area contributed by atoms with Crippen molar-refractivity contribution in [3.63, 3.8) is 0 Å². The van der Waals surface area contributed by atoms with Crippen LogP contribution < -0.4 is 0 Å². The van der Waals surface area contributed by atoms with Crippen LogP contribution in [-0.4, -0.2) is 49.0 Å². The predicted octanol–water partition coefficient (Wildman–Crippen LogP) is 3.08. The third-order valence-electron chi connectivity index (χ3n) is 5.27. The molecule has 2 aliphatic heterocycles. The summed E-state index contributed by atoms with van der Waals surface area (Å²) in [6.07, 6.45) is 5.42. The van der Waals surface area contributed by atoms with E-state index in [2.05, 4.69) is 32.6 Å². The fourth-order valence-electron chi connectivity index (χ4n) is 4.23. The number of nitrogens with zero attached hydrogens (tertiary/aromatic N) is 1. The number of rotatable bonds is 6. The average molecular weight is 269 g/mol. The highest BCUT2D eigenvalue weighted by atomic mass is 16.5. The largest absolute Gasteiger partial charge is 0.381 e. The van der Waals surface area contributed by atoms with Crippen LogP contribution in [0.15, 0.2) is 0 Å². The van der Waals surface area contributed by atoms with Crippen molar-refractivity contribution < 1.29 is 9.47 Å². The number of piperidine rings is 1. The maximum atomic E-state index is 5.67. The zero-order valence-electron chi connectivity index (χ0n) is 13.4. The van der Waals surface area contributed by atoms with E-state index >= 15 is 0 Å². The summed E-state index contributed by atoms with van der Waals surface area (Å²) < 4.78 is 11.3. The lowest BCUT2D eigenvalue weighted by Crippen LogP contribution is -2.59. The minimum absolute atomic E-state index is 0.328. The van der Waals surface area contributed by atoms with E-state index in [0.717, 1.165) is 19.8 Å². The van der Waals surface area contributed by atoms with Crippen molar-refractivity contribution >= 4 is 0 Å². The number of hydrogen-bond donors (Lipinski definition) is 0. The van der Waals surface area contributed by atoms with E-state index in [0.29, 0.717) is 23.1 Å². The molecule has 0 aromatic rings. The minimum Gasteiger partial charge on any atom is -0.381 e. The molecule has 2 saturated heterocycles. The summed E-state index contributed by atoms with van der Waals surface area (Å²) in [4.78, 5) is 2.76. The van der Waals surface area contributed by atoms with Crippen LogP contribution in [0.5, 0.6) is 0 Å². The van der Waals surface area contributed by atoms with Crippen molar-refractivity contribution in [3.05, 3.63) is 0 Å². The van der Waals surface area contributed by atoms with Gasteiger partial charge in [0, 0.05) is 31.3 Å². The van der Waals surface area contributed by atoms with Crippen LogP contribution in [0.4, 0.5) is 0 Å². The van der Waals surface area contributed by atoms with E-state index < -0.39 is 0 Å². The first kappa shape index (κ1) is 15.3. The molecular formula is C16H31NO2. The second kappa shape index (κ2) is 5.71. The van der Waals surface area contributed by atoms with E-state index in [4.69, 9.17) is 9.47 Å². The molecule has 4 atom stereocenters. The second-order valence-electron chi connectivity index (χ2n) is 7.14. The lowest BCUT2D eigenvalue weighted by atomic mass is 9.83. The van der Waals surface area contributed by atoms with Gasteiger partial charge in [0.1, 0.15) is 0 Å². The summed E-state index contributed by atoms with van der Waals surface area (Å²) >= 11 is 0. The van der Waals surface area contributed by atoms with E-state index in [-0.39, 0.29) is 0 Å². The number of fused-ring (bicyclic) bond motifs is 2. The van der Waals surface area contributed by atoms with Gasteiger partial charge in [0.15, 0.2) is 0 Å². The molecule has 2 heterocycles. The molecule has 0 amide bonds. The van der Waals surface area contributed by atoms with Crippen LogP contribution in [-0.2, 0) is 9.47 Å². The van der Waals surface area contributed by atoms with E-state index in [9.17, 15) is 0 Å². The van der Waals surface area contributed by atoms with Crippen molar-refractivity contribution in [2.75, 3.05) is 26.9 Å². The van der Waals surface area contributed by atoms with Crippen LogP contribution in [0, 0.1) is 5.92 Å². The molecule has 0 N–H and O–H groups in total. The molecule has 0 aliphatic carbocycles. The zero-order valence-corrected chi connectivity index (χ0v) is 13.4. The Hall–Kier alpha value is -0.120. The van der Waals surface area contributed by atoms with Gasteiger partial charge in [0.25, 0.3) is 0 Å². The lowest BCUT2D eigenvalue weighted by Gasteiger charge is -2.51. The van der Waals surface area contributed by atoms with Gasteiger partial charge in [0.05, 0.1) is 12.7 Å². The fraction of sp³-hybridized carbons (Fsp3) is 1.00. The number of methoxy groups -OCH3 is 1. The Morgan fingerprint density at radius 3 is 2.26 bits per heavy atom. The van der Waals surface area contributed by atoms with Crippen LogP contribution in [0.3, 0.4) is 0 Å². The summed E-state index contributed by atoms with van der Waals surface area (Å²) in [5, 5.41) is 0. The maximum absolute atomic E-state index is 5.67. The van der Waals surface area contributed by atoms with Crippen molar-refractivity contribution in [2.45, 2.75) is 70.6 Å². The Morgan fingerprint density at radius 2 is 1.79 bits per heavy atom. The molecule has 3 nitrogen and oxygen atoms in total. The van der Waals surface area contributed by atoms with Crippen LogP contribution >= 0.6 is 0 Å². The second-order valence-corrected chi connectivity index (χ2v) is 7.14. The molecule has 19 heavy (non-hydrogen) atoms. The van der Waals surface area contributed by atoms with Crippen molar-refractivity contribution in [3.8, 4) is 0 Å². The average Bonchev–Trinajstić information content (AvgIpc) is 2.53. The van der Waals surface area contributed by atoms with E-state index in [1.165, 1.54) is 25.7 Å².